The highest BCUT2D eigenvalue weighted by Crippen LogP contribution is 2.14. The van der Waals surface area contributed by atoms with E-state index in [1.54, 1.807) is 36.7 Å². The summed E-state index contributed by atoms with van der Waals surface area (Å²) in [6.07, 6.45) is 3.35. The summed E-state index contributed by atoms with van der Waals surface area (Å²) in [5.74, 6) is -0.324. The van der Waals surface area contributed by atoms with Gasteiger partial charge >= 0.3 is 0 Å². The zero-order chi connectivity index (χ0) is 19.3. The molecular weight excluding hydrogens is 352 g/mol. The Hall–Kier alpha value is -3.80. The minimum Gasteiger partial charge on any atom is -0.347 e. The van der Waals surface area contributed by atoms with Gasteiger partial charge in [0.05, 0.1) is 11.9 Å². The Morgan fingerprint density at radius 1 is 0.857 bits per heavy atom. The average Bonchev–Trinajstić information content (AvgIpc) is 2.75. The van der Waals surface area contributed by atoms with E-state index in [1.165, 1.54) is 4.68 Å². The Kier molecular flexibility index (Phi) is 4.93. The van der Waals surface area contributed by atoms with Crippen LogP contribution in [0.15, 0.2) is 83.9 Å². The molecule has 0 atom stereocenters. The van der Waals surface area contributed by atoms with Crippen LogP contribution in [-0.4, -0.2) is 20.7 Å². The van der Waals surface area contributed by atoms with Gasteiger partial charge in [0.15, 0.2) is 5.69 Å². The highest BCUT2D eigenvalue weighted by Gasteiger charge is 2.16. The molecule has 0 fully saturated rings. The SMILES string of the molecule is O=C(NCc1ccncc1)c1nn(Cc2ccccc2)c(=O)c2ccccc12. The zero-order valence-electron chi connectivity index (χ0n) is 15.1. The predicted octanol–water partition coefficient (Wildman–Crippen LogP) is 2.77. The molecule has 138 valence electrons. The van der Waals surface area contributed by atoms with Crippen molar-refractivity contribution in [2.75, 3.05) is 0 Å². The maximum Gasteiger partial charge on any atom is 0.274 e. The van der Waals surface area contributed by atoms with Crippen molar-refractivity contribution in [1.29, 1.82) is 0 Å². The van der Waals surface area contributed by atoms with Gasteiger partial charge in [0.1, 0.15) is 0 Å². The maximum atomic E-state index is 12.8. The fraction of sp³-hybridized carbons (Fsp3) is 0.0909. The molecule has 6 heteroatoms. The first-order chi connectivity index (χ1) is 13.7. The quantitative estimate of drug-likeness (QED) is 0.586. The fourth-order valence-electron chi connectivity index (χ4n) is 3.03. The largest absolute Gasteiger partial charge is 0.347 e. The van der Waals surface area contributed by atoms with Crippen molar-refractivity contribution in [2.45, 2.75) is 13.1 Å². The average molecular weight is 370 g/mol. The van der Waals surface area contributed by atoms with Crippen LogP contribution in [0.25, 0.3) is 10.8 Å². The molecule has 0 unspecified atom stereocenters. The lowest BCUT2D eigenvalue weighted by Crippen LogP contribution is -2.30. The summed E-state index contributed by atoms with van der Waals surface area (Å²) in [6, 6.07) is 20.3. The van der Waals surface area contributed by atoms with Gasteiger partial charge in [-0.3, -0.25) is 14.6 Å². The highest BCUT2D eigenvalue weighted by atomic mass is 16.2. The third-order valence-corrected chi connectivity index (χ3v) is 4.46. The molecule has 0 spiro atoms. The van der Waals surface area contributed by atoms with E-state index in [9.17, 15) is 9.59 Å². The van der Waals surface area contributed by atoms with Gasteiger partial charge in [-0.25, -0.2) is 4.68 Å². The second-order valence-electron chi connectivity index (χ2n) is 6.38. The van der Waals surface area contributed by atoms with E-state index in [0.29, 0.717) is 23.9 Å². The molecule has 0 bridgehead atoms. The Bertz CT molecular complexity index is 1170. The number of pyridine rings is 1. The molecule has 1 amide bonds. The molecule has 4 aromatic rings. The van der Waals surface area contributed by atoms with E-state index < -0.39 is 0 Å². The van der Waals surface area contributed by atoms with Gasteiger partial charge in [0.2, 0.25) is 0 Å². The van der Waals surface area contributed by atoms with Crippen molar-refractivity contribution >= 4 is 16.7 Å². The van der Waals surface area contributed by atoms with Crippen LogP contribution < -0.4 is 10.9 Å². The van der Waals surface area contributed by atoms with Crippen LogP contribution in [0.1, 0.15) is 21.6 Å². The van der Waals surface area contributed by atoms with Crippen molar-refractivity contribution in [3.8, 4) is 0 Å². The summed E-state index contributed by atoms with van der Waals surface area (Å²) in [6.45, 7) is 0.657. The van der Waals surface area contributed by atoms with Crippen molar-refractivity contribution in [3.05, 3.63) is 106 Å². The van der Waals surface area contributed by atoms with Crippen LogP contribution in [0, 0.1) is 0 Å². The van der Waals surface area contributed by atoms with Crippen LogP contribution in [0.4, 0.5) is 0 Å². The summed E-state index contributed by atoms with van der Waals surface area (Å²) in [4.78, 5) is 29.7. The molecule has 2 aromatic heterocycles. The van der Waals surface area contributed by atoms with E-state index in [2.05, 4.69) is 15.4 Å². The Morgan fingerprint density at radius 2 is 1.54 bits per heavy atom. The number of hydrogen-bond acceptors (Lipinski definition) is 4. The third-order valence-electron chi connectivity index (χ3n) is 4.46. The minimum absolute atomic E-state index is 0.217. The van der Waals surface area contributed by atoms with Gasteiger partial charge in [-0.1, -0.05) is 48.5 Å². The maximum absolute atomic E-state index is 12.8. The van der Waals surface area contributed by atoms with E-state index >= 15 is 0 Å². The van der Waals surface area contributed by atoms with Crippen LogP contribution in [0.5, 0.6) is 0 Å². The first-order valence-corrected chi connectivity index (χ1v) is 8.93. The minimum atomic E-state index is -0.324. The number of nitrogens with zero attached hydrogens (tertiary/aromatic N) is 3. The molecule has 2 heterocycles. The molecule has 0 aliphatic heterocycles. The van der Waals surface area contributed by atoms with Gasteiger partial charge < -0.3 is 5.32 Å². The normalized spacial score (nSPS) is 10.7. The Morgan fingerprint density at radius 3 is 2.29 bits per heavy atom. The predicted molar refractivity (Wildman–Crippen MR) is 107 cm³/mol. The molecule has 0 saturated carbocycles. The first kappa shape index (κ1) is 17.6. The molecule has 0 aliphatic carbocycles. The van der Waals surface area contributed by atoms with E-state index in [4.69, 9.17) is 0 Å². The number of benzene rings is 2. The van der Waals surface area contributed by atoms with E-state index in [0.717, 1.165) is 11.1 Å². The Labute approximate surface area is 161 Å². The van der Waals surface area contributed by atoms with Gasteiger partial charge in [0.25, 0.3) is 11.5 Å². The molecule has 0 saturated heterocycles. The van der Waals surface area contributed by atoms with Crippen molar-refractivity contribution in [2.24, 2.45) is 0 Å². The second kappa shape index (κ2) is 7.84. The van der Waals surface area contributed by atoms with E-state index in [1.807, 2.05) is 42.5 Å². The summed E-state index contributed by atoms with van der Waals surface area (Å²) in [7, 11) is 0. The number of carbonyl (C=O) groups excluding carboxylic acids is 1. The van der Waals surface area contributed by atoms with Crippen LogP contribution in [-0.2, 0) is 13.1 Å². The Balaban J connectivity index is 1.71. The lowest BCUT2D eigenvalue weighted by molar-refractivity contribution is 0.0945. The lowest BCUT2D eigenvalue weighted by atomic mass is 10.1. The molecule has 0 aliphatic rings. The number of aromatic nitrogens is 3. The number of fused-ring (bicyclic) bond motifs is 1. The number of rotatable bonds is 5. The molecule has 4 rings (SSSR count). The van der Waals surface area contributed by atoms with Gasteiger partial charge in [-0.05, 0) is 29.3 Å². The summed E-state index contributed by atoms with van der Waals surface area (Å²) in [5.41, 5.74) is 1.89. The molecule has 1 N–H and O–H groups in total. The first-order valence-electron chi connectivity index (χ1n) is 8.93. The van der Waals surface area contributed by atoms with Gasteiger partial charge in [-0.2, -0.15) is 5.10 Å². The number of hydrogen-bond donors (Lipinski definition) is 1. The fourth-order valence-corrected chi connectivity index (χ4v) is 3.03. The monoisotopic (exact) mass is 370 g/mol. The standard InChI is InChI=1S/C22H18N4O2/c27-21(24-14-16-10-12-23-13-11-16)20-18-8-4-5-9-19(18)22(28)26(25-20)15-17-6-2-1-3-7-17/h1-13H,14-15H2,(H,24,27). The highest BCUT2D eigenvalue weighted by molar-refractivity contribution is 6.04. The van der Waals surface area contributed by atoms with Crippen molar-refractivity contribution < 1.29 is 4.79 Å². The van der Waals surface area contributed by atoms with Crippen LogP contribution in [0.3, 0.4) is 0 Å². The summed E-state index contributed by atoms with van der Waals surface area (Å²) in [5, 5.41) is 8.28. The molecular formula is C22H18N4O2. The van der Waals surface area contributed by atoms with Crippen molar-refractivity contribution in [1.82, 2.24) is 20.1 Å². The topological polar surface area (TPSA) is 76.9 Å². The van der Waals surface area contributed by atoms with E-state index in [-0.39, 0.29) is 17.2 Å². The van der Waals surface area contributed by atoms with Gasteiger partial charge in [-0.15, -0.1) is 0 Å². The third kappa shape index (κ3) is 3.66. The smallest absolute Gasteiger partial charge is 0.274 e. The second-order valence-corrected chi connectivity index (χ2v) is 6.38. The summed E-state index contributed by atoms with van der Waals surface area (Å²) < 4.78 is 1.35. The molecule has 28 heavy (non-hydrogen) atoms. The number of nitrogens with one attached hydrogen (secondary N) is 1. The molecule has 6 nitrogen and oxygen atoms in total. The number of carbonyl (C=O) groups is 1. The molecule has 2 aromatic carbocycles. The zero-order valence-corrected chi connectivity index (χ0v) is 15.1. The number of amides is 1. The van der Waals surface area contributed by atoms with Gasteiger partial charge in [0, 0.05) is 24.3 Å². The summed E-state index contributed by atoms with van der Waals surface area (Å²) >= 11 is 0. The lowest BCUT2D eigenvalue weighted by Gasteiger charge is -2.11. The van der Waals surface area contributed by atoms with Crippen molar-refractivity contribution in [3.63, 3.8) is 0 Å². The molecule has 0 radical (unpaired) electrons. The van der Waals surface area contributed by atoms with Crippen LogP contribution in [0.2, 0.25) is 0 Å². The van der Waals surface area contributed by atoms with Crippen LogP contribution >= 0.6 is 0 Å².